The van der Waals surface area contributed by atoms with Crippen LogP contribution in [-0.2, 0) is 4.43 Å². The van der Waals surface area contributed by atoms with Gasteiger partial charge >= 0.3 is 0 Å². The van der Waals surface area contributed by atoms with Gasteiger partial charge in [0.1, 0.15) is 0 Å². The van der Waals surface area contributed by atoms with Crippen molar-refractivity contribution in [1.82, 2.24) is 0 Å². The highest BCUT2D eigenvalue weighted by molar-refractivity contribution is 6.74. The van der Waals surface area contributed by atoms with Gasteiger partial charge in [-0.15, -0.1) is 0 Å². The van der Waals surface area contributed by atoms with E-state index in [2.05, 4.69) is 33.9 Å². The van der Waals surface area contributed by atoms with E-state index in [-0.39, 0.29) is 0 Å². The zero-order valence-electron chi connectivity index (χ0n) is 11.0. The first-order valence-corrected chi connectivity index (χ1v) is 9.03. The molecule has 2 nitrogen and oxygen atoms in total. The van der Waals surface area contributed by atoms with E-state index < -0.39 is 8.32 Å². The second-order valence-electron chi connectivity index (χ2n) is 6.51. The van der Waals surface area contributed by atoms with Crippen molar-refractivity contribution in [2.45, 2.75) is 64.2 Å². The Kier molecular flexibility index (Phi) is 4.01. The molecule has 0 aromatic heterocycles. The third kappa shape index (κ3) is 3.57. The lowest BCUT2D eigenvalue weighted by Crippen LogP contribution is -2.41. The Balaban J connectivity index is 2.36. The third-order valence-electron chi connectivity index (χ3n) is 4.07. The average molecular weight is 229 g/mol. The topological polar surface area (TPSA) is 35.2 Å². The summed E-state index contributed by atoms with van der Waals surface area (Å²) in [5.41, 5.74) is 5.91. The molecular formula is C12H27NOSi. The Morgan fingerprint density at radius 1 is 1.27 bits per heavy atom. The summed E-state index contributed by atoms with van der Waals surface area (Å²) in [4.78, 5) is 0. The van der Waals surface area contributed by atoms with Crippen molar-refractivity contribution >= 4 is 8.32 Å². The predicted octanol–water partition coefficient (Wildman–Crippen LogP) is 3.14. The lowest BCUT2D eigenvalue weighted by Gasteiger charge is -2.37. The molecule has 1 saturated carbocycles. The molecule has 0 unspecified atom stereocenters. The maximum atomic E-state index is 6.21. The Morgan fingerprint density at radius 2 is 1.87 bits per heavy atom. The highest BCUT2D eigenvalue weighted by atomic mass is 28.4. The molecule has 3 heteroatoms. The molecule has 2 N–H and O–H groups in total. The van der Waals surface area contributed by atoms with Crippen LogP contribution >= 0.6 is 0 Å². The van der Waals surface area contributed by atoms with Gasteiger partial charge in [0.2, 0.25) is 0 Å². The standard InChI is InChI=1S/C12H27NOSi/c1-12(2,3)15(4,5)14-9-10-6-7-11(13)8-10/h10-11H,6-9,13H2,1-5H3/t10-,11+/m1/s1. The molecule has 0 aliphatic heterocycles. The molecule has 0 amide bonds. The lowest BCUT2D eigenvalue weighted by molar-refractivity contribution is 0.229. The molecule has 0 bridgehead atoms. The van der Waals surface area contributed by atoms with Gasteiger partial charge in [0, 0.05) is 12.6 Å². The van der Waals surface area contributed by atoms with Crippen LogP contribution < -0.4 is 5.73 Å². The quantitative estimate of drug-likeness (QED) is 0.755. The summed E-state index contributed by atoms with van der Waals surface area (Å²) in [7, 11) is -1.54. The molecule has 0 heterocycles. The van der Waals surface area contributed by atoms with Gasteiger partial charge in [0.05, 0.1) is 0 Å². The van der Waals surface area contributed by atoms with Gasteiger partial charge in [-0.1, -0.05) is 20.8 Å². The second-order valence-corrected chi connectivity index (χ2v) is 11.3. The summed E-state index contributed by atoms with van der Waals surface area (Å²) in [6.07, 6.45) is 3.61. The number of hydrogen-bond donors (Lipinski definition) is 1. The molecule has 0 aromatic carbocycles. The molecule has 2 atom stereocenters. The molecule has 0 radical (unpaired) electrons. The lowest BCUT2D eigenvalue weighted by atomic mass is 10.1. The van der Waals surface area contributed by atoms with Crippen molar-refractivity contribution in [2.24, 2.45) is 11.7 Å². The highest BCUT2D eigenvalue weighted by Gasteiger charge is 2.38. The van der Waals surface area contributed by atoms with Crippen molar-refractivity contribution in [3.63, 3.8) is 0 Å². The van der Waals surface area contributed by atoms with E-state index in [1.54, 1.807) is 0 Å². The number of hydrogen-bond acceptors (Lipinski definition) is 2. The molecule has 1 aliphatic rings. The van der Waals surface area contributed by atoms with E-state index in [9.17, 15) is 0 Å². The van der Waals surface area contributed by atoms with Crippen molar-refractivity contribution in [3.8, 4) is 0 Å². The molecule has 1 rings (SSSR count). The Labute approximate surface area is 95.7 Å². The van der Waals surface area contributed by atoms with Gasteiger partial charge in [-0.05, 0) is 43.3 Å². The number of nitrogens with two attached hydrogens (primary N) is 1. The maximum absolute atomic E-state index is 6.21. The largest absolute Gasteiger partial charge is 0.417 e. The van der Waals surface area contributed by atoms with E-state index in [1.165, 1.54) is 12.8 Å². The smallest absolute Gasteiger partial charge is 0.191 e. The van der Waals surface area contributed by atoms with Crippen molar-refractivity contribution in [1.29, 1.82) is 0 Å². The van der Waals surface area contributed by atoms with Crippen LogP contribution in [0.1, 0.15) is 40.0 Å². The minimum absolute atomic E-state index is 0.327. The van der Waals surface area contributed by atoms with E-state index in [0.717, 1.165) is 13.0 Å². The third-order valence-corrected chi connectivity index (χ3v) is 8.57. The molecule has 15 heavy (non-hydrogen) atoms. The molecule has 1 aliphatic carbocycles. The van der Waals surface area contributed by atoms with Gasteiger partial charge in [0.15, 0.2) is 8.32 Å². The van der Waals surface area contributed by atoms with Gasteiger partial charge in [-0.3, -0.25) is 0 Å². The normalized spacial score (nSPS) is 28.4. The fourth-order valence-electron chi connectivity index (χ4n) is 1.81. The van der Waals surface area contributed by atoms with Gasteiger partial charge in [-0.25, -0.2) is 0 Å². The molecule has 1 fully saturated rings. The fraction of sp³-hybridized carbons (Fsp3) is 1.00. The molecule has 90 valence electrons. The van der Waals surface area contributed by atoms with Crippen LogP contribution in [-0.4, -0.2) is 21.0 Å². The minimum Gasteiger partial charge on any atom is -0.417 e. The highest BCUT2D eigenvalue weighted by Crippen LogP contribution is 2.37. The first-order valence-electron chi connectivity index (χ1n) is 6.12. The Hall–Kier alpha value is 0.137. The van der Waals surface area contributed by atoms with E-state index in [0.29, 0.717) is 17.0 Å². The summed E-state index contributed by atoms with van der Waals surface area (Å²) in [6, 6.07) is 0.429. The maximum Gasteiger partial charge on any atom is 0.191 e. The molecule has 0 spiro atoms. The minimum atomic E-state index is -1.54. The summed E-state index contributed by atoms with van der Waals surface area (Å²) in [5.74, 6) is 0.717. The monoisotopic (exact) mass is 229 g/mol. The Morgan fingerprint density at radius 3 is 2.27 bits per heavy atom. The predicted molar refractivity (Wildman–Crippen MR) is 68.5 cm³/mol. The first-order chi connectivity index (χ1) is 6.72. The van der Waals surface area contributed by atoms with Gasteiger partial charge in [0.25, 0.3) is 0 Å². The summed E-state index contributed by atoms with van der Waals surface area (Å²) in [6.45, 7) is 12.5. The van der Waals surface area contributed by atoms with E-state index >= 15 is 0 Å². The number of rotatable bonds is 3. The van der Waals surface area contributed by atoms with Crippen LogP contribution in [0.2, 0.25) is 18.1 Å². The zero-order valence-corrected chi connectivity index (χ0v) is 12.0. The van der Waals surface area contributed by atoms with Crippen molar-refractivity contribution in [3.05, 3.63) is 0 Å². The van der Waals surface area contributed by atoms with Gasteiger partial charge < -0.3 is 10.2 Å². The summed E-state index contributed by atoms with van der Waals surface area (Å²) >= 11 is 0. The van der Waals surface area contributed by atoms with Crippen molar-refractivity contribution in [2.75, 3.05) is 6.61 Å². The van der Waals surface area contributed by atoms with Crippen LogP contribution in [0, 0.1) is 5.92 Å². The van der Waals surface area contributed by atoms with Crippen molar-refractivity contribution < 1.29 is 4.43 Å². The average Bonchev–Trinajstić information content (AvgIpc) is 2.46. The van der Waals surface area contributed by atoms with Crippen LogP contribution in [0.25, 0.3) is 0 Å². The summed E-state index contributed by atoms with van der Waals surface area (Å²) in [5, 5.41) is 0.327. The van der Waals surface area contributed by atoms with Gasteiger partial charge in [-0.2, -0.15) is 0 Å². The summed E-state index contributed by atoms with van der Waals surface area (Å²) < 4.78 is 6.21. The fourth-order valence-corrected chi connectivity index (χ4v) is 2.89. The molecule has 0 aromatic rings. The van der Waals surface area contributed by atoms with Crippen LogP contribution in [0.3, 0.4) is 0 Å². The zero-order chi connectivity index (χ0) is 11.7. The molecular weight excluding hydrogens is 202 g/mol. The van der Waals surface area contributed by atoms with Crippen LogP contribution in [0.5, 0.6) is 0 Å². The van der Waals surface area contributed by atoms with E-state index in [1.807, 2.05) is 0 Å². The Bertz CT molecular complexity index is 210. The van der Waals surface area contributed by atoms with Crippen LogP contribution in [0.4, 0.5) is 0 Å². The van der Waals surface area contributed by atoms with Crippen LogP contribution in [0.15, 0.2) is 0 Å². The first kappa shape index (κ1) is 13.2. The molecule has 0 saturated heterocycles. The van der Waals surface area contributed by atoms with E-state index in [4.69, 9.17) is 10.2 Å². The second kappa shape index (κ2) is 4.56. The SMILES string of the molecule is CC(C)(C)[Si](C)(C)OC[C@@H]1CC[C@H](N)C1.